The molecule has 0 aliphatic carbocycles. The highest BCUT2D eigenvalue weighted by Crippen LogP contribution is 2.43. The van der Waals surface area contributed by atoms with Crippen LogP contribution in [0.5, 0.6) is 0 Å². The van der Waals surface area contributed by atoms with E-state index in [2.05, 4.69) is 62.5 Å². The molecule has 0 fully saturated rings. The van der Waals surface area contributed by atoms with Crippen LogP contribution in [0.3, 0.4) is 0 Å². The fraction of sp³-hybridized carbons (Fsp3) is 0.792. The van der Waals surface area contributed by atoms with Crippen molar-refractivity contribution in [3.8, 4) is 0 Å². The van der Waals surface area contributed by atoms with Gasteiger partial charge in [-0.15, -0.1) is 0 Å². The third kappa shape index (κ3) is 43.5. The lowest BCUT2D eigenvalue weighted by atomic mass is 10.0. The van der Waals surface area contributed by atoms with Crippen molar-refractivity contribution in [2.24, 2.45) is 0 Å². The summed E-state index contributed by atoms with van der Waals surface area (Å²) in [6, 6.07) is 0. The van der Waals surface area contributed by atoms with Gasteiger partial charge in [0.25, 0.3) is 0 Å². The second kappa shape index (κ2) is 40.4. The normalized spacial score (nSPS) is 14.0. The van der Waals surface area contributed by atoms with Gasteiger partial charge in [0.1, 0.15) is 19.8 Å². The van der Waals surface area contributed by atoms with E-state index in [0.29, 0.717) is 17.4 Å². The molecule has 0 aromatic carbocycles. The molecular weight excluding hydrogens is 750 g/mol. The SMILES string of the molecule is CCCCCCCCC/C=C/C/C=C/C/C=C/C/C=C/CCCC(=O)O[C@H](COC(=O)CCCCCCCCCCCCCCC)COP(=O)(O)OCC[N+](C)(C)C. The van der Waals surface area contributed by atoms with E-state index in [1.165, 1.54) is 116 Å². The number of unbranched alkanes of at least 4 members (excludes halogenated alkanes) is 20. The maximum atomic E-state index is 12.7. The monoisotopic (exact) mass is 839 g/mol. The number of phosphoric ester groups is 1. The summed E-state index contributed by atoms with van der Waals surface area (Å²) in [6.07, 6.45) is 47.4. The van der Waals surface area contributed by atoms with Crippen molar-refractivity contribution in [1.29, 1.82) is 0 Å². The molecule has 0 aromatic heterocycles. The van der Waals surface area contributed by atoms with Crippen molar-refractivity contribution in [2.75, 3.05) is 47.5 Å². The van der Waals surface area contributed by atoms with Crippen LogP contribution in [0.2, 0.25) is 0 Å². The molecule has 0 aliphatic rings. The lowest BCUT2D eigenvalue weighted by Crippen LogP contribution is -2.37. The molecule has 338 valence electrons. The average Bonchev–Trinajstić information content (AvgIpc) is 3.17. The Morgan fingerprint density at radius 1 is 0.534 bits per heavy atom. The summed E-state index contributed by atoms with van der Waals surface area (Å²) in [4.78, 5) is 35.4. The van der Waals surface area contributed by atoms with Gasteiger partial charge in [-0.1, -0.05) is 178 Å². The number of likely N-dealkylation sites (N-methyl/N-ethyl adjacent to an activating group) is 1. The number of allylic oxidation sites excluding steroid dienone is 8. The standard InChI is InChI=1S/C48H88NO8P/c1-6-8-10-12-14-16-18-20-21-22-23-24-25-26-27-29-31-33-35-37-39-41-48(51)57-46(45-56-58(52,53)55-43-42-49(3,4)5)44-54-47(50)40-38-36-34-32-30-28-19-17-15-13-11-9-7-2/h21-22,24-25,27,29,33,35,46H,6-20,23,26,28,30-32,34,36-45H2,1-5H3/p+1/b22-21+,25-24+,29-27+,35-33+/t46-/m1/s1. The maximum absolute atomic E-state index is 12.7. The molecule has 0 heterocycles. The predicted octanol–water partition coefficient (Wildman–Crippen LogP) is 13.5. The van der Waals surface area contributed by atoms with Crippen LogP contribution in [0.1, 0.15) is 194 Å². The molecule has 9 nitrogen and oxygen atoms in total. The molecule has 0 rings (SSSR count). The summed E-state index contributed by atoms with van der Waals surface area (Å²) in [5.74, 6) is -0.861. The summed E-state index contributed by atoms with van der Waals surface area (Å²) in [5, 5.41) is 0. The van der Waals surface area contributed by atoms with E-state index in [9.17, 15) is 19.0 Å². The Morgan fingerprint density at radius 2 is 0.948 bits per heavy atom. The second-order valence-corrected chi connectivity index (χ2v) is 18.2. The first-order valence-corrected chi connectivity index (χ1v) is 24.9. The smallest absolute Gasteiger partial charge is 0.462 e. The zero-order chi connectivity index (χ0) is 42.8. The number of nitrogens with zero attached hydrogens (tertiary/aromatic N) is 1. The van der Waals surface area contributed by atoms with E-state index in [0.717, 1.165) is 44.9 Å². The summed E-state index contributed by atoms with van der Waals surface area (Å²) in [5.41, 5.74) is 0. The van der Waals surface area contributed by atoms with Crippen molar-refractivity contribution >= 4 is 19.8 Å². The Morgan fingerprint density at radius 3 is 1.43 bits per heavy atom. The van der Waals surface area contributed by atoms with E-state index in [1.807, 2.05) is 21.1 Å². The van der Waals surface area contributed by atoms with Gasteiger partial charge in [0.15, 0.2) is 6.10 Å². The van der Waals surface area contributed by atoms with Gasteiger partial charge >= 0.3 is 19.8 Å². The molecule has 2 atom stereocenters. The first-order chi connectivity index (χ1) is 28.0. The van der Waals surface area contributed by atoms with Crippen LogP contribution in [0, 0.1) is 0 Å². The molecule has 0 aromatic rings. The minimum absolute atomic E-state index is 0.0213. The molecule has 1 N–H and O–H groups in total. The van der Waals surface area contributed by atoms with Crippen molar-refractivity contribution in [2.45, 2.75) is 200 Å². The largest absolute Gasteiger partial charge is 0.472 e. The highest BCUT2D eigenvalue weighted by molar-refractivity contribution is 7.47. The Kier molecular flexibility index (Phi) is 39.0. The number of quaternary nitrogens is 1. The molecule has 58 heavy (non-hydrogen) atoms. The average molecular weight is 839 g/mol. The Bertz CT molecular complexity index is 1130. The second-order valence-electron chi connectivity index (χ2n) is 16.8. The van der Waals surface area contributed by atoms with Crippen LogP contribution in [-0.4, -0.2) is 74.9 Å². The third-order valence-electron chi connectivity index (χ3n) is 9.86. The van der Waals surface area contributed by atoms with Crippen molar-refractivity contribution in [3.63, 3.8) is 0 Å². The summed E-state index contributed by atoms with van der Waals surface area (Å²) in [7, 11) is 1.44. The van der Waals surface area contributed by atoms with Gasteiger partial charge in [0, 0.05) is 12.8 Å². The molecule has 10 heteroatoms. The first-order valence-electron chi connectivity index (χ1n) is 23.4. The molecular formula is C48H89NO8P+. The third-order valence-corrected chi connectivity index (χ3v) is 10.8. The minimum Gasteiger partial charge on any atom is -0.462 e. The highest BCUT2D eigenvalue weighted by atomic mass is 31.2. The van der Waals surface area contributed by atoms with Crippen LogP contribution in [-0.2, 0) is 32.7 Å². The van der Waals surface area contributed by atoms with E-state index >= 15 is 0 Å². The highest BCUT2D eigenvalue weighted by Gasteiger charge is 2.27. The molecule has 0 radical (unpaired) electrons. The predicted molar refractivity (Wildman–Crippen MR) is 243 cm³/mol. The van der Waals surface area contributed by atoms with Gasteiger partial charge < -0.3 is 18.9 Å². The number of esters is 2. The molecule has 0 saturated carbocycles. The number of hydrogen-bond acceptors (Lipinski definition) is 7. The lowest BCUT2D eigenvalue weighted by molar-refractivity contribution is -0.870. The number of carbonyl (C=O) groups is 2. The summed E-state index contributed by atoms with van der Waals surface area (Å²) < 4.78 is 34.3. The molecule has 0 aliphatic heterocycles. The number of hydrogen-bond donors (Lipinski definition) is 1. The lowest BCUT2D eigenvalue weighted by Gasteiger charge is -2.24. The number of ether oxygens (including phenoxy) is 2. The zero-order valence-corrected chi connectivity index (χ0v) is 38.9. The van der Waals surface area contributed by atoms with Crippen LogP contribution in [0.15, 0.2) is 48.6 Å². The van der Waals surface area contributed by atoms with Crippen LogP contribution in [0.4, 0.5) is 0 Å². The van der Waals surface area contributed by atoms with Gasteiger partial charge in [0.2, 0.25) is 0 Å². The quantitative estimate of drug-likeness (QED) is 0.0213. The van der Waals surface area contributed by atoms with Crippen molar-refractivity contribution in [3.05, 3.63) is 48.6 Å². The van der Waals surface area contributed by atoms with Crippen molar-refractivity contribution in [1.82, 2.24) is 0 Å². The molecule has 0 spiro atoms. The van der Waals surface area contributed by atoms with Crippen LogP contribution in [0.25, 0.3) is 0 Å². The summed E-state index contributed by atoms with van der Waals surface area (Å²) >= 11 is 0. The van der Waals surface area contributed by atoms with E-state index in [1.54, 1.807) is 0 Å². The summed E-state index contributed by atoms with van der Waals surface area (Å²) in [6.45, 7) is 4.36. The maximum Gasteiger partial charge on any atom is 0.472 e. The fourth-order valence-corrected chi connectivity index (χ4v) is 6.92. The van der Waals surface area contributed by atoms with Gasteiger partial charge in [-0.2, -0.15) is 0 Å². The Labute approximate surface area is 356 Å². The Balaban J connectivity index is 4.42. The first kappa shape index (κ1) is 56.0. The van der Waals surface area contributed by atoms with E-state index in [-0.39, 0.29) is 32.0 Å². The van der Waals surface area contributed by atoms with Crippen molar-refractivity contribution < 1.29 is 42.1 Å². The zero-order valence-electron chi connectivity index (χ0n) is 38.0. The minimum atomic E-state index is -4.39. The fourth-order valence-electron chi connectivity index (χ4n) is 6.18. The van der Waals surface area contributed by atoms with Gasteiger partial charge in [-0.3, -0.25) is 18.6 Å². The topological polar surface area (TPSA) is 108 Å². The number of rotatable bonds is 42. The van der Waals surface area contributed by atoms with E-state index < -0.39 is 26.5 Å². The number of carbonyl (C=O) groups excluding carboxylic acids is 2. The van der Waals surface area contributed by atoms with Gasteiger partial charge in [-0.05, 0) is 51.4 Å². The molecule has 1 unspecified atom stereocenters. The Hall–Kier alpha value is -2.03. The van der Waals surface area contributed by atoms with E-state index in [4.69, 9.17) is 18.5 Å². The van der Waals surface area contributed by atoms with Crippen LogP contribution < -0.4 is 0 Å². The van der Waals surface area contributed by atoms with Gasteiger partial charge in [0.05, 0.1) is 27.7 Å². The van der Waals surface area contributed by atoms with Crippen LogP contribution >= 0.6 is 7.82 Å². The molecule has 0 saturated heterocycles. The number of phosphoric acid groups is 1. The molecule has 0 amide bonds. The van der Waals surface area contributed by atoms with Gasteiger partial charge in [-0.25, -0.2) is 4.57 Å². The molecule has 0 bridgehead atoms.